The largest absolute Gasteiger partial charge is 0.481 e. The maximum atomic E-state index is 12.1. The van der Waals surface area contributed by atoms with Crippen molar-refractivity contribution in [1.82, 2.24) is 0 Å². The van der Waals surface area contributed by atoms with Gasteiger partial charge in [-0.15, -0.1) is 0 Å². The average molecular weight is 467 g/mol. The molecule has 0 saturated carbocycles. The maximum Gasteiger partial charge on any atom is 0.307 e. The third kappa shape index (κ3) is 25.1. The topological polar surface area (TPSA) is 63.6 Å². The van der Waals surface area contributed by atoms with Gasteiger partial charge >= 0.3 is 11.9 Å². The highest BCUT2D eigenvalue weighted by Crippen LogP contribution is 2.15. The summed E-state index contributed by atoms with van der Waals surface area (Å²) in [6.45, 7) is 4.43. The normalized spacial score (nSPS) is 12.3. The fourth-order valence-electron chi connectivity index (χ4n) is 4.13. The predicted molar refractivity (Wildman–Crippen MR) is 140 cm³/mol. The molecule has 4 nitrogen and oxygen atoms in total. The zero-order valence-electron chi connectivity index (χ0n) is 22.0. The van der Waals surface area contributed by atoms with E-state index < -0.39 is 12.1 Å². The Morgan fingerprint density at radius 3 is 1.64 bits per heavy atom. The summed E-state index contributed by atoms with van der Waals surface area (Å²) in [5.41, 5.74) is 0. The third-order valence-electron chi connectivity index (χ3n) is 6.22. The van der Waals surface area contributed by atoms with Crippen molar-refractivity contribution in [1.29, 1.82) is 0 Å². The Hall–Kier alpha value is -1.32. The van der Waals surface area contributed by atoms with Crippen molar-refractivity contribution in [3.63, 3.8) is 0 Å². The van der Waals surface area contributed by atoms with Gasteiger partial charge in [0.15, 0.2) is 0 Å². The van der Waals surface area contributed by atoms with Crippen LogP contribution in [-0.2, 0) is 14.3 Å². The van der Waals surface area contributed by atoms with Gasteiger partial charge in [0.25, 0.3) is 0 Å². The number of carboxylic acids is 1. The summed E-state index contributed by atoms with van der Waals surface area (Å²) in [7, 11) is 0. The Bertz CT molecular complexity index is 472. The van der Waals surface area contributed by atoms with Crippen LogP contribution in [-0.4, -0.2) is 23.1 Å². The first-order valence-electron chi connectivity index (χ1n) is 14.2. The number of unbranched alkanes of at least 4 members (excludes halogenated alkanes) is 16. The number of hydrogen-bond donors (Lipinski definition) is 1. The van der Waals surface area contributed by atoms with Crippen molar-refractivity contribution in [3.8, 4) is 0 Å². The van der Waals surface area contributed by atoms with Gasteiger partial charge in [0, 0.05) is 6.42 Å². The Labute approximate surface area is 204 Å². The minimum Gasteiger partial charge on any atom is -0.481 e. The van der Waals surface area contributed by atoms with Crippen LogP contribution in [0.3, 0.4) is 0 Å². The monoisotopic (exact) mass is 466 g/mol. The lowest BCUT2D eigenvalue weighted by molar-refractivity contribution is -0.153. The van der Waals surface area contributed by atoms with Gasteiger partial charge in [0.1, 0.15) is 6.10 Å². The van der Waals surface area contributed by atoms with Crippen LogP contribution in [0.4, 0.5) is 0 Å². The number of ether oxygens (including phenoxy) is 1. The van der Waals surface area contributed by atoms with Gasteiger partial charge in [-0.3, -0.25) is 9.59 Å². The Morgan fingerprint density at radius 1 is 0.667 bits per heavy atom. The second-order valence-electron chi connectivity index (χ2n) is 9.60. The van der Waals surface area contributed by atoms with Crippen molar-refractivity contribution in [2.45, 2.75) is 161 Å². The van der Waals surface area contributed by atoms with E-state index >= 15 is 0 Å². The molecular weight excluding hydrogens is 412 g/mol. The molecule has 0 spiro atoms. The summed E-state index contributed by atoms with van der Waals surface area (Å²) in [6.07, 6.45) is 28.2. The molecule has 0 radical (unpaired) electrons. The van der Waals surface area contributed by atoms with Gasteiger partial charge in [-0.2, -0.15) is 0 Å². The molecule has 4 heteroatoms. The number of esters is 1. The zero-order chi connectivity index (χ0) is 24.4. The Kier molecular flexibility index (Phi) is 24.3. The predicted octanol–water partition coefficient (Wildman–Crippen LogP) is 9.16. The molecule has 0 fully saturated rings. The fourth-order valence-corrected chi connectivity index (χ4v) is 4.13. The van der Waals surface area contributed by atoms with Crippen LogP contribution < -0.4 is 0 Å². The van der Waals surface area contributed by atoms with Gasteiger partial charge in [-0.05, 0) is 44.9 Å². The van der Waals surface area contributed by atoms with E-state index in [1.54, 1.807) is 0 Å². The van der Waals surface area contributed by atoms with Crippen molar-refractivity contribution in [2.75, 3.05) is 0 Å². The minimum absolute atomic E-state index is 0.0765. The highest BCUT2D eigenvalue weighted by Gasteiger charge is 2.17. The molecule has 194 valence electrons. The minimum atomic E-state index is -0.890. The van der Waals surface area contributed by atoms with E-state index in [1.165, 1.54) is 89.9 Å². The van der Waals surface area contributed by atoms with E-state index in [-0.39, 0.29) is 12.4 Å². The SMILES string of the molecule is CCCCCCCC/C=C\CCCCCCCCC(=O)OC(CCCCCCC)CC(=O)O. The van der Waals surface area contributed by atoms with E-state index in [1.807, 2.05) is 0 Å². The van der Waals surface area contributed by atoms with Crippen molar-refractivity contribution >= 4 is 11.9 Å². The average Bonchev–Trinajstić information content (AvgIpc) is 2.78. The molecule has 0 saturated heterocycles. The Balaban J connectivity index is 3.61. The molecular formula is C29H54O4. The smallest absolute Gasteiger partial charge is 0.307 e. The van der Waals surface area contributed by atoms with Crippen molar-refractivity contribution in [2.24, 2.45) is 0 Å². The molecule has 1 atom stereocenters. The summed E-state index contributed by atoms with van der Waals surface area (Å²) < 4.78 is 5.46. The van der Waals surface area contributed by atoms with Gasteiger partial charge in [-0.1, -0.05) is 109 Å². The molecule has 0 aliphatic rings. The molecule has 0 heterocycles. The molecule has 0 bridgehead atoms. The number of rotatable bonds is 25. The van der Waals surface area contributed by atoms with Crippen molar-refractivity contribution in [3.05, 3.63) is 12.2 Å². The van der Waals surface area contributed by atoms with Crippen LogP contribution in [0.15, 0.2) is 12.2 Å². The van der Waals surface area contributed by atoms with E-state index in [0.717, 1.165) is 32.1 Å². The van der Waals surface area contributed by atoms with Crippen molar-refractivity contribution < 1.29 is 19.4 Å². The molecule has 0 aromatic carbocycles. The van der Waals surface area contributed by atoms with Gasteiger partial charge in [-0.25, -0.2) is 0 Å². The zero-order valence-corrected chi connectivity index (χ0v) is 22.0. The number of allylic oxidation sites excluding steroid dienone is 2. The quantitative estimate of drug-likeness (QED) is 0.0827. The van der Waals surface area contributed by atoms with E-state index in [9.17, 15) is 9.59 Å². The standard InChI is InChI=1S/C29H54O4/c1-3-5-7-9-10-11-12-13-14-15-16-17-18-19-21-23-25-29(32)33-27(26-28(30)31)24-22-20-8-6-4-2/h13-14,27H,3-12,15-26H2,1-2H3,(H,30,31)/b14-13-. The summed E-state index contributed by atoms with van der Waals surface area (Å²) in [6, 6.07) is 0. The summed E-state index contributed by atoms with van der Waals surface area (Å²) in [4.78, 5) is 23.1. The second-order valence-corrected chi connectivity index (χ2v) is 9.60. The van der Waals surface area contributed by atoms with E-state index in [4.69, 9.17) is 9.84 Å². The number of carbonyl (C=O) groups is 2. The van der Waals surface area contributed by atoms with Crippen LogP contribution in [0.2, 0.25) is 0 Å². The van der Waals surface area contributed by atoms with Crippen LogP contribution in [0.5, 0.6) is 0 Å². The Morgan fingerprint density at radius 2 is 1.12 bits per heavy atom. The molecule has 0 amide bonds. The van der Waals surface area contributed by atoms with Crippen LogP contribution in [0, 0.1) is 0 Å². The molecule has 0 aliphatic heterocycles. The van der Waals surface area contributed by atoms with Crippen LogP contribution in [0.1, 0.15) is 155 Å². The summed E-state index contributed by atoms with van der Waals surface area (Å²) in [5.74, 6) is -1.12. The lowest BCUT2D eigenvalue weighted by atomic mass is 10.1. The van der Waals surface area contributed by atoms with Crippen LogP contribution >= 0.6 is 0 Å². The van der Waals surface area contributed by atoms with Gasteiger partial charge < -0.3 is 9.84 Å². The first-order valence-corrected chi connectivity index (χ1v) is 14.2. The summed E-state index contributed by atoms with van der Waals surface area (Å²) in [5, 5.41) is 9.07. The molecule has 0 aromatic rings. The summed E-state index contributed by atoms with van der Waals surface area (Å²) >= 11 is 0. The molecule has 0 aliphatic carbocycles. The second kappa shape index (κ2) is 25.3. The van der Waals surface area contributed by atoms with E-state index in [0.29, 0.717) is 12.8 Å². The first-order chi connectivity index (χ1) is 16.1. The number of aliphatic carboxylic acids is 1. The number of carboxylic acid groups (broad SMARTS) is 1. The maximum absolute atomic E-state index is 12.1. The lowest BCUT2D eigenvalue weighted by Crippen LogP contribution is -2.21. The van der Waals surface area contributed by atoms with Gasteiger partial charge in [0.05, 0.1) is 6.42 Å². The third-order valence-corrected chi connectivity index (χ3v) is 6.22. The molecule has 1 N–H and O–H groups in total. The van der Waals surface area contributed by atoms with E-state index in [2.05, 4.69) is 26.0 Å². The first kappa shape index (κ1) is 31.7. The number of carbonyl (C=O) groups excluding carboxylic acids is 1. The molecule has 33 heavy (non-hydrogen) atoms. The molecule has 0 aromatic heterocycles. The highest BCUT2D eigenvalue weighted by atomic mass is 16.5. The molecule has 0 rings (SSSR count). The molecule has 1 unspecified atom stereocenters. The highest BCUT2D eigenvalue weighted by molar-refractivity contribution is 5.71. The lowest BCUT2D eigenvalue weighted by Gasteiger charge is -2.16. The number of hydrogen-bond acceptors (Lipinski definition) is 3. The van der Waals surface area contributed by atoms with Gasteiger partial charge in [0.2, 0.25) is 0 Å². The fraction of sp³-hybridized carbons (Fsp3) is 0.862. The van der Waals surface area contributed by atoms with Crippen LogP contribution in [0.25, 0.3) is 0 Å².